The molecule has 1 aliphatic heterocycles. The van der Waals surface area contributed by atoms with Gasteiger partial charge >= 0.3 is 12.1 Å². The van der Waals surface area contributed by atoms with Gasteiger partial charge in [-0.15, -0.1) is 0 Å². The number of esters is 1. The van der Waals surface area contributed by atoms with Crippen LogP contribution in [0.4, 0.5) is 16.2 Å². The molecule has 1 atom stereocenters. The van der Waals surface area contributed by atoms with Gasteiger partial charge < -0.3 is 18.9 Å². The lowest BCUT2D eigenvalue weighted by Gasteiger charge is -2.24. The predicted octanol–water partition coefficient (Wildman–Crippen LogP) is 3.30. The van der Waals surface area contributed by atoms with Crippen LogP contribution in [0.2, 0.25) is 0 Å². The first-order valence-electron chi connectivity index (χ1n) is 8.72. The highest BCUT2D eigenvalue weighted by molar-refractivity contribution is 5.85. The van der Waals surface area contributed by atoms with E-state index in [0.717, 1.165) is 11.3 Å². The van der Waals surface area contributed by atoms with E-state index in [1.54, 1.807) is 12.1 Å². The molecule has 0 radical (unpaired) electrons. The van der Waals surface area contributed by atoms with E-state index >= 15 is 0 Å². The first-order valence-corrected chi connectivity index (χ1v) is 8.72. The maximum absolute atomic E-state index is 11.3. The van der Waals surface area contributed by atoms with E-state index < -0.39 is 12.3 Å². The van der Waals surface area contributed by atoms with E-state index in [0.29, 0.717) is 17.2 Å². The second-order valence-electron chi connectivity index (χ2n) is 6.18. The molecule has 1 amide bonds. The SMILES string of the molecule is COC(=O)Nc1ccc(OCC2Oc3ccccc3N2COC(C)=O)cc1C. The maximum atomic E-state index is 11.3. The number of aryl methyl sites for hydroxylation is 1. The van der Waals surface area contributed by atoms with Crippen LogP contribution in [0.1, 0.15) is 12.5 Å². The van der Waals surface area contributed by atoms with Crippen LogP contribution in [0.15, 0.2) is 42.5 Å². The number of benzene rings is 2. The first kappa shape index (κ1) is 19.3. The van der Waals surface area contributed by atoms with Crippen molar-refractivity contribution in [3.05, 3.63) is 48.0 Å². The van der Waals surface area contributed by atoms with Gasteiger partial charge in [-0.25, -0.2) is 4.79 Å². The summed E-state index contributed by atoms with van der Waals surface area (Å²) in [5.74, 6) is 0.963. The van der Waals surface area contributed by atoms with Crippen molar-refractivity contribution < 1.29 is 28.5 Å². The fourth-order valence-corrected chi connectivity index (χ4v) is 2.79. The number of para-hydroxylation sites is 2. The molecular formula is C20H22N2O6. The fourth-order valence-electron chi connectivity index (χ4n) is 2.79. The highest BCUT2D eigenvalue weighted by atomic mass is 16.6. The van der Waals surface area contributed by atoms with Crippen molar-refractivity contribution in [2.75, 3.05) is 30.7 Å². The Balaban J connectivity index is 1.66. The molecule has 1 N–H and O–H groups in total. The maximum Gasteiger partial charge on any atom is 0.411 e. The minimum atomic E-state index is -0.532. The Kier molecular flexibility index (Phi) is 5.88. The van der Waals surface area contributed by atoms with Crippen LogP contribution in [0.25, 0.3) is 0 Å². The summed E-state index contributed by atoms with van der Waals surface area (Å²) in [6.07, 6.45) is -0.972. The number of fused-ring (bicyclic) bond motifs is 1. The molecule has 1 aliphatic rings. The smallest absolute Gasteiger partial charge is 0.411 e. The molecular weight excluding hydrogens is 364 g/mol. The summed E-state index contributed by atoms with van der Waals surface area (Å²) in [4.78, 5) is 24.4. The number of nitrogens with zero attached hydrogens (tertiary/aromatic N) is 1. The van der Waals surface area contributed by atoms with Gasteiger partial charge in [0.2, 0.25) is 6.23 Å². The molecule has 8 nitrogen and oxygen atoms in total. The van der Waals surface area contributed by atoms with Crippen molar-refractivity contribution in [3.63, 3.8) is 0 Å². The van der Waals surface area contributed by atoms with Crippen LogP contribution in [-0.4, -0.2) is 38.7 Å². The number of hydrogen-bond acceptors (Lipinski definition) is 7. The Bertz CT molecular complexity index is 870. The Hall–Kier alpha value is -3.42. The van der Waals surface area contributed by atoms with Crippen LogP contribution < -0.4 is 19.7 Å². The number of nitrogens with one attached hydrogen (secondary N) is 1. The number of carbonyl (C=O) groups excluding carboxylic acids is 2. The zero-order valence-electron chi connectivity index (χ0n) is 15.9. The largest absolute Gasteiger partial charge is 0.488 e. The van der Waals surface area contributed by atoms with E-state index in [4.69, 9.17) is 14.2 Å². The summed E-state index contributed by atoms with van der Waals surface area (Å²) in [6.45, 7) is 3.51. The fraction of sp³-hybridized carbons (Fsp3) is 0.300. The van der Waals surface area contributed by atoms with Crippen LogP contribution >= 0.6 is 0 Å². The average Bonchev–Trinajstić information content (AvgIpc) is 3.04. The first-order chi connectivity index (χ1) is 13.5. The lowest BCUT2D eigenvalue weighted by molar-refractivity contribution is -0.141. The minimum Gasteiger partial charge on any atom is -0.488 e. The number of ether oxygens (including phenoxy) is 4. The third-order valence-corrected chi connectivity index (χ3v) is 4.20. The standard InChI is InChI=1S/C20H22N2O6/c1-13-10-15(8-9-16(13)21-20(24)25-3)26-11-19-22(12-27-14(2)23)17-6-4-5-7-18(17)28-19/h4-10,19H,11-12H2,1-3H3,(H,21,24). The number of amides is 1. The molecule has 8 heteroatoms. The van der Waals surface area contributed by atoms with E-state index in [-0.39, 0.29) is 19.3 Å². The third kappa shape index (κ3) is 4.46. The molecule has 0 aliphatic carbocycles. The van der Waals surface area contributed by atoms with Crippen molar-refractivity contribution in [3.8, 4) is 11.5 Å². The molecule has 0 bridgehead atoms. The lowest BCUT2D eigenvalue weighted by Crippen LogP contribution is -2.41. The molecule has 0 fully saturated rings. The van der Waals surface area contributed by atoms with Crippen molar-refractivity contribution in [1.29, 1.82) is 0 Å². The van der Waals surface area contributed by atoms with Gasteiger partial charge in [0.05, 0.1) is 12.8 Å². The van der Waals surface area contributed by atoms with Crippen LogP contribution in [0.5, 0.6) is 11.5 Å². The molecule has 3 rings (SSSR count). The van der Waals surface area contributed by atoms with Crippen molar-refractivity contribution in [2.45, 2.75) is 20.1 Å². The highest BCUT2D eigenvalue weighted by Crippen LogP contribution is 2.36. The van der Waals surface area contributed by atoms with Gasteiger partial charge in [0.15, 0.2) is 6.73 Å². The molecule has 2 aromatic rings. The van der Waals surface area contributed by atoms with Crippen LogP contribution in [0.3, 0.4) is 0 Å². The predicted molar refractivity (Wildman–Crippen MR) is 103 cm³/mol. The van der Waals surface area contributed by atoms with Gasteiger partial charge in [-0.1, -0.05) is 12.1 Å². The van der Waals surface area contributed by atoms with E-state index in [1.165, 1.54) is 14.0 Å². The summed E-state index contributed by atoms with van der Waals surface area (Å²) in [5.41, 5.74) is 2.31. The molecule has 1 heterocycles. The van der Waals surface area contributed by atoms with Gasteiger partial charge in [-0.05, 0) is 42.8 Å². The normalized spacial score (nSPS) is 14.7. The van der Waals surface area contributed by atoms with Crippen molar-refractivity contribution >= 4 is 23.4 Å². The molecule has 0 spiro atoms. The Labute approximate surface area is 162 Å². The van der Waals surface area contributed by atoms with E-state index in [9.17, 15) is 9.59 Å². The molecule has 0 saturated carbocycles. The molecule has 28 heavy (non-hydrogen) atoms. The third-order valence-electron chi connectivity index (χ3n) is 4.20. The number of methoxy groups -OCH3 is 1. The van der Waals surface area contributed by atoms with Gasteiger partial charge in [0.1, 0.15) is 18.1 Å². The topological polar surface area (TPSA) is 86.3 Å². The average molecular weight is 386 g/mol. The molecule has 148 valence electrons. The Morgan fingerprint density at radius 2 is 2.00 bits per heavy atom. The highest BCUT2D eigenvalue weighted by Gasteiger charge is 2.31. The van der Waals surface area contributed by atoms with Crippen LogP contribution in [0, 0.1) is 6.92 Å². The molecule has 0 saturated heterocycles. The lowest BCUT2D eigenvalue weighted by atomic mass is 10.2. The van der Waals surface area contributed by atoms with E-state index in [1.807, 2.05) is 42.2 Å². The molecule has 0 aromatic heterocycles. The Morgan fingerprint density at radius 1 is 1.21 bits per heavy atom. The monoisotopic (exact) mass is 386 g/mol. The second kappa shape index (κ2) is 8.51. The second-order valence-corrected chi connectivity index (χ2v) is 6.18. The Morgan fingerprint density at radius 3 is 2.71 bits per heavy atom. The summed E-state index contributed by atoms with van der Waals surface area (Å²) in [5, 5.41) is 2.63. The quantitative estimate of drug-likeness (QED) is 0.762. The van der Waals surface area contributed by atoms with Crippen molar-refractivity contribution in [2.24, 2.45) is 0 Å². The van der Waals surface area contributed by atoms with Gasteiger partial charge in [0, 0.05) is 12.6 Å². The van der Waals surface area contributed by atoms with Gasteiger partial charge in [-0.3, -0.25) is 15.0 Å². The summed E-state index contributed by atoms with van der Waals surface area (Å²) in [6, 6.07) is 12.8. The van der Waals surface area contributed by atoms with Gasteiger partial charge in [0.25, 0.3) is 0 Å². The molecule has 1 unspecified atom stereocenters. The van der Waals surface area contributed by atoms with Crippen LogP contribution in [-0.2, 0) is 14.3 Å². The zero-order valence-corrected chi connectivity index (χ0v) is 15.9. The zero-order chi connectivity index (χ0) is 20.1. The number of hydrogen-bond donors (Lipinski definition) is 1. The summed E-state index contributed by atoms with van der Waals surface area (Å²) in [7, 11) is 1.31. The number of carbonyl (C=O) groups is 2. The number of rotatable bonds is 6. The minimum absolute atomic E-state index is 0.0708. The summed E-state index contributed by atoms with van der Waals surface area (Å²) >= 11 is 0. The van der Waals surface area contributed by atoms with Gasteiger partial charge in [-0.2, -0.15) is 0 Å². The van der Waals surface area contributed by atoms with Crippen molar-refractivity contribution in [1.82, 2.24) is 0 Å². The number of anilines is 2. The van der Waals surface area contributed by atoms with E-state index in [2.05, 4.69) is 10.1 Å². The summed E-state index contributed by atoms with van der Waals surface area (Å²) < 4.78 is 21.5. The molecule has 2 aromatic carbocycles.